The van der Waals surface area contributed by atoms with Crippen molar-refractivity contribution in [2.75, 3.05) is 10.0 Å². The number of carbonyl (C=O) groups excluding carboxylic acids is 1. The van der Waals surface area contributed by atoms with E-state index in [0.29, 0.717) is 10.7 Å². The summed E-state index contributed by atoms with van der Waals surface area (Å²) in [7, 11) is -4.07. The topological polar surface area (TPSA) is 113 Å². The first-order chi connectivity index (χ1) is 16.5. The molecule has 0 aliphatic heterocycles. The molecule has 3 N–H and O–H groups in total. The van der Waals surface area contributed by atoms with E-state index in [0.717, 1.165) is 12.1 Å². The predicted molar refractivity (Wildman–Crippen MR) is 132 cm³/mol. The molecule has 0 aliphatic rings. The fourth-order valence-corrected chi connectivity index (χ4v) is 4.87. The first kappa shape index (κ1) is 24.5. The van der Waals surface area contributed by atoms with Crippen LogP contribution in [0.4, 0.5) is 15.8 Å². The van der Waals surface area contributed by atoms with Gasteiger partial charge in [-0.1, -0.05) is 29.3 Å². The summed E-state index contributed by atoms with van der Waals surface area (Å²) >= 11 is 12.3. The highest BCUT2D eigenvalue weighted by Gasteiger charge is 2.23. The maximum atomic E-state index is 13.2. The highest BCUT2D eigenvalue weighted by molar-refractivity contribution is 7.92. The lowest BCUT2D eigenvalue weighted by molar-refractivity contribution is 0.102. The number of phenols is 1. The number of anilines is 2. The minimum absolute atomic E-state index is 0.000652. The van der Waals surface area contributed by atoms with Gasteiger partial charge in [-0.3, -0.25) is 9.52 Å². The maximum absolute atomic E-state index is 13.2. The van der Waals surface area contributed by atoms with Gasteiger partial charge < -0.3 is 10.4 Å². The zero-order chi connectivity index (χ0) is 25.3. The van der Waals surface area contributed by atoms with Crippen LogP contribution in [-0.4, -0.2) is 29.2 Å². The molecular formula is C23H17Cl2FN4O4S. The van der Waals surface area contributed by atoms with Crippen LogP contribution in [-0.2, 0) is 10.0 Å². The maximum Gasteiger partial charge on any atom is 0.261 e. The van der Waals surface area contributed by atoms with E-state index in [9.17, 15) is 22.7 Å². The molecule has 0 spiro atoms. The van der Waals surface area contributed by atoms with Crippen molar-refractivity contribution in [3.8, 4) is 11.4 Å². The number of halogens is 3. The number of carbonyl (C=O) groups is 1. The first-order valence-electron chi connectivity index (χ1n) is 9.99. The lowest BCUT2D eigenvalue weighted by Crippen LogP contribution is -2.16. The van der Waals surface area contributed by atoms with Gasteiger partial charge in [0, 0.05) is 5.02 Å². The molecule has 0 unspecified atom stereocenters. The number of hydrogen-bond donors (Lipinski definition) is 3. The summed E-state index contributed by atoms with van der Waals surface area (Å²) in [5.41, 5.74) is 0.783. The Morgan fingerprint density at radius 2 is 1.77 bits per heavy atom. The number of rotatable bonds is 6. The molecule has 1 heterocycles. The standard InChI is InChI=1S/C23H17Cl2FN4O4S/c1-13-21(22(25)30(28-13)17-7-5-15(26)6-8-17)23(32)27-19-12-18(9-10-20(19)31)35(33,34)29-16-4-2-3-14(24)11-16/h2-12,29,31H,1H3,(H,27,32). The van der Waals surface area contributed by atoms with Crippen molar-refractivity contribution in [3.63, 3.8) is 0 Å². The van der Waals surface area contributed by atoms with Crippen LogP contribution in [0.3, 0.4) is 0 Å². The first-order valence-corrected chi connectivity index (χ1v) is 12.2. The summed E-state index contributed by atoms with van der Waals surface area (Å²) in [5.74, 6) is -1.53. The van der Waals surface area contributed by atoms with Gasteiger partial charge in [-0.2, -0.15) is 5.10 Å². The van der Waals surface area contributed by atoms with Crippen molar-refractivity contribution >= 4 is 50.5 Å². The molecule has 0 saturated heterocycles. The molecule has 3 aromatic carbocycles. The third-order valence-corrected chi connectivity index (χ3v) is 6.87. The largest absolute Gasteiger partial charge is 0.506 e. The van der Waals surface area contributed by atoms with Crippen molar-refractivity contribution in [1.82, 2.24) is 9.78 Å². The van der Waals surface area contributed by atoms with Crippen molar-refractivity contribution in [3.05, 3.63) is 94.0 Å². The third-order valence-electron chi connectivity index (χ3n) is 4.91. The summed E-state index contributed by atoms with van der Waals surface area (Å²) in [5, 5.41) is 17.2. The van der Waals surface area contributed by atoms with Crippen LogP contribution in [0.5, 0.6) is 5.75 Å². The Morgan fingerprint density at radius 3 is 2.46 bits per heavy atom. The summed E-state index contributed by atoms with van der Waals surface area (Å²) in [6, 6.07) is 14.9. The Morgan fingerprint density at radius 1 is 1.06 bits per heavy atom. The van der Waals surface area contributed by atoms with Crippen LogP contribution in [0.25, 0.3) is 5.69 Å². The van der Waals surface area contributed by atoms with Crippen LogP contribution in [0.15, 0.2) is 71.6 Å². The molecule has 0 atom stereocenters. The molecule has 1 amide bonds. The van der Waals surface area contributed by atoms with Crippen LogP contribution < -0.4 is 10.0 Å². The molecule has 0 aliphatic carbocycles. The molecule has 4 rings (SSSR count). The average molecular weight is 535 g/mol. The highest BCUT2D eigenvalue weighted by atomic mass is 35.5. The molecule has 0 saturated carbocycles. The van der Waals surface area contributed by atoms with E-state index in [-0.39, 0.29) is 38.4 Å². The zero-order valence-corrected chi connectivity index (χ0v) is 20.3. The van der Waals surface area contributed by atoms with E-state index in [1.165, 1.54) is 47.1 Å². The van der Waals surface area contributed by atoms with Crippen LogP contribution in [0.2, 0.25) is 10.2 Å². The summed E-state index contributed by atoms with van der Waals surface area (Å²) in [6.45, 7) is 1.55. The van der Waals surface area contributed by atoms with E-state index in [2.05, 4.69) is 15.1 Å². The second kappa shape index (κ2) is 9.57. The fourth-order valence-electron chi connectivity index (χ4n) is 3.24. The van der Waals surface area contributed by atoms with Gasteiger partial charge in [-0.15, -0.1) is 0 Å². The quantitative estimate of drug-likeness (QED) is 0.287. The molecule has 0 bridgehead atoms. The second-order valence-corrected chi connectivity index (χ2v) is 9.87. The summed E-state index contributed by atoms with van der Waals surface area (Å²) < 4.78 is 42.5. The van der Waals surface area contributed by atoms with Gasteiger partial charge in [-0.05, 0) is 67.6 Å². The van der Waals surface area contributed by atoms with Crippen LogP contribution in [0.1, 0.15) is 16.1 Å². The lowest BCUT2D eigenvalue weighted by atomic mass is 10.2. The molecule has 35 heavy (non-hydrogen) atoms. The SMILES string of the molecule is Cc1nn(-c2ccc(F)cc2)c(Cl)c1C(=O)Nc1cc(S(=O)(=O)Nc2cccc(Cl)c2)ccc1O. The number of aromatic hydroxyl groups is 1. The van der Waals surface area contributed by atoms with Crippen molar-refractivity contribution in [1.29, 1.82) is 0 Å². The van der Waals surface area contributed by atoms with Crippen LogP contribution >= 0.6 is 23.2 Å². The summed E-state index contributed by atoms with van der Waals surface area (Å²) in [6.07, 6.45) is 0. The zero-order valence-electron chi connectivity index (χ0n) is 18.0. The van der Waals surface area contributed by atoms with E-state index in [4.69, 9.17) is 23.2 Å². The van der Waals surface area contributed by atoms with E-state index >= 15 is 0 Å². The minimum atomic E-state index is -4.07. The number of sulfonamides is 1. The molecule has 1 aromatic heterocycles. The van der Waals surface area contributed by atoms with Gasteiger partial charge in [-0.25, -0.2) is 17.5 Å². The number of nitrogens with one attached hydrogen (secondary N) is 2. The Kier molecular flexibility index (Phi) is 6.70. The van der Waals surface area contributed by atoms with Gasteiger partial charge in [0.05, 0.1) is 27.7 Å². The Balaban J connectivity index is 1.62. The number of nitrogens with zero attached hydrogens (tertiary/aromatic N) is 2. The molecule has 180 valence electrons. The molecule has 8 nitrogen and oxygen atoms in total. The monoisotopic (exact) mass is 534 g/mol. The van der Waals surface area contributed by atoms with Gasteiger partial charge >= 0.3 is 0 Å². The molecule has 0 fully saturated rings. The van der Waals surface area contributed by atoms with E-state index in [1.54, 1.807) is 19.1 Å². The molecule has 4 aromatic rings. The highest BCUT2D eigenvalue weighted by Crippen LogP contribution is 2.30. The molecular weight excluding hydrogens is 518 g/mol. The van der Waals surface area contributed by atoms with Gasteiger partial charge in [0.25, 0.3) is 15.9 Å². The minimum Gasteiger partial charge on any atom is -0.506 e. The van der Waals surface area contributed by atoms with Crippen molar-refractivity contribution in [2.24, 2.45) is 0 Å². The lowest BCUT2D eigenvalue weighted by Gasteiger charge is -2.12. The van der Waals surface area contributed by atoms with Gasteiger partial charge in [0.15, 0.2) is 0 Å². The number of benzene rings is 3. The summed E-state index contributed by atoms with van der Waals surface area (Å²) in [4.78, 5) is 12.8. The number of hydrogen-bond acceptors (Lipinski definition) is 5. The smallest absolute Gasteiger partial charge is 0.261 e. The predicted octanol–water partition coefficient (Wildman–Crippen LogP) is 5.39. The molecule has 12 heteroatoms. The van der Waals surface area contributed by atoms with Gasteiger partial charge in [0.2, 0.25) is 0 Å². The average Bonchev–Trinajstić information content (AvgIpc) is 3.09. The second-order valence-electron chi connectivity index (χ2n) is 7.39. The number of aryl methyl sites for hydroxylation is 1. The van der Waals surface area contributed by atoms with E-state index < -0.39 is 21.7 Å². The Bertz CT molecular complexity index is 1540. The van der Waals surface area contributed by atoms with Gasteiger partial charge in [0.1, 0.15) is 22.3 Å². The van der Waals surface area contributed by atoms with Crippen molar-refractivity contribution in [2.45, 2.75) is 11.8 Å². The molecule has 0 radical (unpaired) electrons. The number of phenolic OH excluding ortho intramolecular Hbond substituents is 1. The fraction of sp³-hybridized carbons (Fsp3) is 0.0435. The Labute approximate surface area is 210 Å². The third kappa shape index (κ3) is 5.24. The van der Waals surface area contributed by atoms with Crippen molar-refractivity contribution < 1.29 is 22.7 Å². The Hall–Kier alpha value is -3.60. The number of aromatic nitrogens is 2. The van der Waals surface area contributed by atoms with Crippen LogP contribution in [0, 0.1) is 12.7 Å². The number of amides is 1. The normalized spacial score (nSPS) is 11.3. The van der Waals surface area contributed by atoms with E-state index in [1.807, 2.05) is 0 Å².